The highest BCUT2D eigenvalue weighted by Gasteiger charge is 2.31. The van der Waals surface area contributed by atoms with Gasteiger partial charge >= 0.3 is 6.18 Å². The average Bonchev–Trinajstić information content (AvgIpc) is 2.26. The number of rotatable bonds is 5. The Labute approximate surface area is 108 Å². The van der Waals surface area contributed by atoms with E-state index in [2.05, 4.69) is 17.1 Å². The van der Waals surface area contributed by atoms with Crippen LogP contribution in [0.15, 0.2) is 0 Å². The molecule has 0 aromatic carbocycles. The summed E-state index contributed by atoms with van der Waals surface area (Å²) in [5.41, 5.74) is 0. The molecule has 0 aromatic rings. The van der Waals surface area contributed by atoms with Gasteiger partial charge in [0.05, 0.1) is 6.42 Å². The van der Waals surface area contributed by atoms with Gasteiger partial charge in [-0.1, -0.05) is 6.92 Å². The Balaban J connectivity index is 2.37. The van der Waals surface area contributed by atoms with Crippen LogP contribution in [0.3, 0.4) is 0 Å². The summed E-state index contributed by atoms with van der Waals surface area (Å²) >= 11 is 0. The van der Waals surface area contributed by atoms with Gasteiger partial charge in [-0.05, 0) is 45.7 Å². The second-order valence-electron chi connectivity index (χ2n) is 5.47. The SMILES string of the molecule is CCN1CCCC(C(C)NC(C)CC(F)(F)F)C1. The Morgan fingerprint density at radius 3 is 2.56 bits per heavy atom. The van der Waals surface area contributed by atoms with Crippen molar-refractivity contribution in [1.29, 1.82) is 0 Å². The van der Waals surface area contributed by atoms with Crippen LogP contribution in [-0.2, 0) is 0 Å². The maximum absolute atomic E-state index is 12.3. The first kappa shape index (κ1) is 15.8. The molecule has 5 heteroatoms. The molecule has 0 saturated carbocycles. The summed E-state index contributed by atoms with van der Waals surface area (Å²) in [5, 5.41) is 3.10. The van der Waals surface area contributed by atoms with Crippen LogP contribution < -0.4 is 5.32 Å². The fourth-order valence-corrected chi connectivity index (χ4v) is 2.78. The molecule has 1 heterocycles. The standard InChI is InChI=1S/C13H25F3N2/c1-4-18-7-5-6-12(9-18)11(3)17-10(2)8-13(14,15)16/h10-12,17H,4-9H2,1-3H3. The van der Waals surface area contributed by atoms with Crippen molar-refractivity contribution in [2.45, 2.75) is 58.3 Å². The summed E-state index contributed by atoms with van der Waals surface area (Å²) in [7, 11) is 0. The lowest BCUT2D eigenvalue weighted by Gasteiger charge is -2.36. The number of piperidine rings is 1. The first-order valence-corrected chi connectivity index (χ1v) is 6.87. The van der Waals surface area contributed by atoms with Crippen molar-refractivity contribution in [2.75, 3.05) is 19.6 Å². The van der Waals surface area contributed by atoms with Crippen LogP contribution >= 0.6 is 0 Å². The first-order chi connectivity index (χ1) is 8.31. The summed E-state index contributed by atoms with van der Waals surface area (Å²) in [4.78, 5) is 2.38. The zero-order chi connectivity index (χ0) is 13.8. The zero-order valence-corrected chi connectivity index (χ0v) is 11.6. The molecule has 1 rings (SSSR count). The third kappa shape index (κ3) is 5.57. The van der Waals surface area contributed by atoms with E-state index in [1.165, 1.54) is 0 Å². The number of nitrogens with one attached hydrogen (secondary N) is 1. The van der Waals surface area contributed by atoms with E-state index in [1.807, 2.05) is 6.92 Å². The number of hydrogen-bond donors (Lipinski definition) is 1. The molecule has 18 heavy (non-hydrogen) atoms. The lowest BCUT2D eigenvalue weighted by atomic mass is 9.91. The van der Waals surface area contributed by atoms with E-state index < -0.39 is 18.6 Å². The molecule has 1 N–H and O–H groups in total. The lowest BCUT2D eigenvalue weighted by molar-refractivity contribution is -0.139. The molecule has 0 amide bonds. The molecule has 2 nitrogen and oxygen atoms in total. The number of hydrogen-bond acceptors (Lipinski definition) is 2. The number of alkyl halides is 3. The van der Waals surface area contributed by atoms with Crippen LogP contribution in [0, 0.1) is 5.92 Å². The lowest BCUT2D eigenvalue weighted by Crippen LogP contribution is -2.47. The van der Waals surface area contributed by atoms with Gasteiger partial charge in [0.1, 0.15) is 0 Å². The minimum Gasteiger partial charge on any atom is -0.311 e. The van der Waals surface area contributed by atoms with Crippen molar-refractivity contribution in [3.8, 4) is 0 Å². The van der Waals surface area contributed by atoms with E-state index in [1.54, 1.807) is 6.92 Å². The summed E-state index contributed by atoms with van der Waals surface area (Å²) in [6.45, 7) is 8.91. The van der Waals surface area contributed by atoms with Gasteiger partial charge < -0.3 is 10.2 Å². The second kappa shape index (κ2) is 6.75. The molecule has 3 unspecified atom stereocenters. The Kier molecular flexibility index (Phi) is 5.92. The number of halogens is 3. The molecule has 0 aliphatic carbocycles. The van der Waals surface area contributed by atoms with Gasteiger partial charge in [0.2, 0.25) is 0 Å². The Hall–Kier alpha value is -0.290. The molecule has 1 saturated heterocycles. The molecule has 0 bridgehead atoms. The summed E-state index contributed by atoms with van der Waals surface area (Å²) < 4.78 is 36.8. The van der Waals surface area contributed by atoms with Crippen LogP contribution in [0.4, 0.5) is 13.2 Å². The maximum atomic E-state index is 12.3. The molecule has 0 radical (unpaired) electrons. The molecule has 1 aliphatic rings. The summed E-state index contributed by atoms with van der Waals surface area (Å²) in [5.74, 6) is 0.467. The Morgan fingerprint density at radius 2 is 2.00 bits per heavy atom. The molecule has 0 aromatic heterocycles. The van der Waals surface area contributed by atoms with Gasteiger partial charge in [0.15, 0.2) is 0 Å². The molecule has 1 aliphatic heterocycles. The van der Waals surface area contributed by atoms with Crippen LogP contribution in [-0.4, -0.2) is 42.8 Å². The monoisotopic (exact) mass is 266 g/mol. The third-order valence-electron chi connectivity index (χ3n) is 3.78. The van der Waals surface area contributed by atoms with Gasteiger partial charge in [0.25, 0.3) is 0 Å². The highest BCUT2D eigenvalue weighted by atomic mass is 19.4. The van der Waals surface area contributed by atoms with Crippen LogP contribution in [0.5, 0.6) is 0 Å². The second-order valence-corrected chi connectivity index (χ2v) is 5.47. The van der Waals surface area contributed by atoms with Gasteiger partial charge in [-0.25, -0.2) is 0 Å². The number of likely N-dealkylation sites (tertiary alicyclic amines) is 1. The molecular weight excluding hydrogens is 241 g/mol. The Morgan fingerprint density at radius 1 is 1.33 bits per heavy atom. The van der Waals surface area contributed by atoms with Crippen LogP contribution in [0.25, 0.3) is 0 Å². The van der Waals surface area contributed by atoms with Gasteiger partial charge in [-0.2, -0.15) is 13.2 Å². The summed E-state index contributed by atoms with van der Waals surface area (Å²) in [6, 6.07) is -0.353. The third-order valence-corrected chi connectivity index (χ3v) is 3.78. The van der Waals surface area contributed by atoms with Crippen molar-refractivity contribution in [1.82, 2.24) is 10.2 Å². The molecular formula is C13H25F3N2. The first-order valence-electron chi connectivity index (χ1n) is 6.87. The topological polar surface area (TPSA) is 15.3 Å². The van der Waals surface area contributed by atoms with Gasteiger partial charge in [-0.15, -0.1) is 0 Å². The minimum absolute atomic E-state index is 0.150. The molecule has 1 fully saturated rings. The minimum atomic E-state index is -4.08. The van der Waals surface area contributed by atoms with E-state index in [0.717, 1.165) is 32.5 Å². The van der Waals surface area contributed by atoms with Crippen LogP contribution in [0.2, 0.25) is 0 Å². The van der Waals surface area contributed by atoms with E-state index in [4.69, 9.17) is 0 Å². The fourth-order valence-electron chi connectivity index (χ4n) is 2.78. The molecule has 108 valence electrons. The van der Waals surface area contributed by atoms with E-state index in [-0.39, 0.29) is 6.04 Å². The van der Waals surface area contributed by atoms with Crippen molar-refractivity contribution >= 4 is 0 Å². The van der Waals surface area contributed by atoms with Crippen molar-refractivity contribution in [3.63, 3.8) is 0 Å². The van der Waals surface area contributed by atoms with E-state index >= 15 is 0 Å². The normalized spacial score (nSPS) is 26.0. The summed E-state index contributed by atoms with van der Waals surface area (Å²) in [6.07, 6.45) is -2.56. The smallest absolute Gasteiger partial charge is 0.311 e. The predicted octanol–water partition coefficient (Wildman–Crippen LogP) is 3.04. The quantitative estimate of drug-likeness (QED) is 0.823. The van der Waals surface area contributed by atoms with Crippen molar-refractivity contribution in [3.05, 3.63) is 0 Å². The van der Waals surface area contributed by atoms with Gasteiger partial charge in [-0.3, -0.25) is 0 Å². The number of nitrogens with zero attached hydrogens (tertiary/aromatic N) is 1. The van der Waals surface area contributed by atoms with Crippen molar-refractivity contribution < 1.29 is 13.2 Å². The average molecular weight is 266 g/mol. The predicted molar refractivity (Wildman–Crippen MR) is 67.6 cm³/mol. The van der Waals surface area contributed by atoms with Crippen molar-refractivity contribution in [2.24, 2.45) is 5.92 Å². The van der Waals surface area contributed by atoms with Crippen LogP contribution in [0.1, 0.15) is 40.0 Å². The van der Waals surface area contributed by atoms with E-state index in [0.29, 0.717) is 5.92 Å². The molecule has 0 spiro atoms. The van der Waals surface area contributed by atoms with E-state index in [9.17, 15) is 13.2 Å². The molecule has 3 atom stereocenters. The largest absolute Gasteiger partial charge is 0.390 e. The van der Waals surface area contributed by atoms with Gasteiger partial charge in [0, 0.05) is 18.6 Å². The fraction of sp³-hybridized carbons (Fsp3) is 1.00. The highest BCUT2D eigenvalue weighted by molar-refractivity contribution is 4.82. The highest BCUT2D eigenvalue weighted by Crippen LogP contribution is 2.23. The maximum Gasteiger partial charge on any atom is 0.390 e. The zero-order valence-electron chi connectivity index (χ0n) is 11.6. The Bertz CT molecular complexity index is 243.